The van der Waals surface area contributed by atoms with E-state index in [1.54, 1.807) is 0 Å². The van der Waals surface area contributed by atoms with Crippen molar-refractivity contribution in [1.82, 2.24) is 0 Å². The maximum absolute atomic E-state index is 5.76. The van der Waals surface area contributed by atoms with Crippen LogP contribution in [-0.2, 0) is 4.74 Å². The molecule has 0 aromatic carbocycles. The van der Waals surface area contributed by atoms with E-state index < -0.39 is 21.2 Å². The second kappa shape index (κ2) is 3.41. The van der Waals surface area contributed by atoms with Crippen molar-refractivity contribution >= 4 is 21.2 Å². The second-order valence-electron chi connectivity index (χ2n) is 5.13. The van der Waals surface area contributed by atoms with Gasteiger partial charge in [0.15, 0.2) is 0 Å². The molecule has 0 aromatic heterocycles. The molecule has 0 unspecified atom stereocenters. The standard InChI is InChI=1S/C8H9O.3CH3.Pb/c1-3-7-5-2-6-8(4-1)9-7;;;;/h1-3,6-7H,4-5H2;3*1H3;/t7-;;;;/m0..../s1. The Hall–Kier alpha value is 0.202. The van der Waals surface area contributed by atoms with Crippen LogP contribution < -0.4 is 0 Å². The van der Waals surface area contributed by atoms with E-state index in [2.05, 4.69) is 31.7 Å². The third-order valence-electron chi connectivity index (χ3n) is 2.96. The van der Waals surface area contributed by atoms with Crippen molar-refractivity contribution in [3.05, 3.63) is 24.0 Å². The third-order valence-corrected chi connectivity index (χ3v) is 13.2. The van der Waals surface area contributed by atoms with Gasteiger partial charge in [0.05, 0.1) is 0 Å². The molecule has 2 rings (SSSR count). The van der Waals surface area contributed by atoms with Crippen LogP contribution in [0, 0.1) is 0 Å². The molecule has 13 heavy (non-hydrogen) atoms. The Labute approximate surface area is 85.5 Å². The summed E-state index contributed by atoms with van der Waals surface area (Å²) in [4.78, 5) is 0. The predicted molar refractivity (Wildman–Crippen MR) is 58.4 cm³/mol. The maximum atomic E-state index is 5.76. The van der Waals surface area contributed by atoms with Crippen molar-refractivity contribution in [2.75, 3.05) is 0 Å². The van der Waals surface area contributed by atoms with Crippen molar-refractivity contribution < 1.29 is 4.74 Å². The summed E-state index contributed by atoms with van der Waals surface area (Å²) in [5.41, 5.74) is 0. The fourth-order valence-corrected chi connectivity index (χ4v) is 8.32. The molecule has 0 N–H and O–H groups in total. The molecule has 0 saturated carbocycles. The zero-order valence-corrected chi connectivity index (χ0v) is 12.6. The normalized spacial score (nSPS) is 32.4. The predicted octanol–water partition coefficient (Wildman–Crippen LogP) is 3.33. The summed E-state index contributed by atoms with van der Waals surface area (Å²) in [6, 6.07) is 0. The van der Waals surface area contributed by atoms with Gasteiger partial charge in [-0.15, -0.1) is 0 Å². The van der Waals surface area contributed by atoms with E-state index >= 15 is 0 Å². The van der Waals surface area contributed by atoms with Crippen LogP contribution in [0.5, 0.6) is 0 Å². The molecular weight excluding hydrogens is 355 g/mol. The van der Waals surface area contributed by atoms with Gasteiger partial charge in [-0.25, -0.2) is 0 Å². The Morgan fingerprint density at radius 1 is 1.38 bits per heavy atom. The van der Waals surface area contributed by atoms with Crippen molar-refractivity contribution in [2.45, 2.75) is 35.9 Å². The number of fused-ring (bicyclic) bond motifs is 2. The fraction of sp³-hybridized carbons (Fsp3) is 0.636. The molecule has 2 aliphatic rings. The van der Waals surface area contributed by atoms with Crippen LogP contribution in [0.15, 0.2) is 24.0 Å². The molecule has 0 spiro atoms. The SMILES string of the molecule is [CH3][Pb]([CH3])([CH3])[C@@H]1C=C2CC=C[C@@H](C1)O2. The summed E-state index contributed by atoms with van der Waals surface area (Å²) in [7, 11) is 0. The first-order chi connectivity index (χ1) is 6.05. The van der Waals surface area contributed by atoms with E-state index in [4.69, 9.17) is 4.74 Å². The van der Waals surface area contributed by atoms with Crippen LogP contribution in [0.1, 0.15) is 12.8 Å². The Balaban J connectivity index is 2.20. The van der Waals surface area contributed by atoms with Crippen LogP contribution in [0.25, 0.3) is 0 Å². The van der Waals surface area contributed by atoms with Crippen LogP contribution in [0.2, 0.25) is 16.9 Å². The summed E-state index contributed by atoms with van der Waals surface area (Å²) in [5, 5.41) is 0. The molecule has 0 aliphatic carbocycles. The average Bonchev–Trinajstić information content (AvgIpc) is 2.01. The minimum atomic E-state index is -1.84. The Bertz CT molecular complexity index is 260. The van der Waals surface area contributed by atoms with Crippen molar-refractivity contribution in [3.63, 3.8) is 0 Å². The topological polar surface area (TPSA) is 9.23 Å². The third kappa shape index (κ3) is 2.17. The van der Waals surface area contributed by atoms with Crippen LogP contribution in [-0.4, -0.2) is 27.3 Å². The molecule has 72 valence electrons. The van der Waals surface area contributed by atoms with E-state index in [-0.39, 0.29) is 0 Å². The van der Waals surface area contributed by atoms with Gasteiger partial charge in [0.2, 0.25) is 0 Å². The second-order valence-corrected chi connectivity index (χ2v) is 26.4. The molecule has 0 saturated heterocycles. The fourth-order valence-electron chi connectivity index (χ4n) is 2.00. The van der Waals surface area contributed by atoms with Gasteiger partial charge in [0.25, 0.3) is 0 Å². The first kappa shape index (κ1) is 9.75. The minimum absolute atomic E-state index is 0.401. The summed E-state index contributed by atoms with van der Waals surface area (Å²) >= 11 is -1.84. The van der Waals surface area contributed by atoms with E-state index in [9.17, 15) is 0 Å². The molecule has 0 radical (unpaired) electrons. The first-order valence-electron chi connectivity index (χ1n) is 5.10. The molecule has 2 bridgehead atoms. The van der Waals surface area contributed by atoms with Gasteiger partial charge >= 0.3 is 85.8 Å². The van der Waals surface area contributed by atoms with Crippen molar-refractivity contribution in [2.24, 2.45) is 0 Å². The van der Waals surface area contributed by atoms with E-state index in [1.807, 2.05) is 0 Å². The number of hydrogen-bond donors (Lipinski definition) is 0. The molecule has 2 heteroatoms. The molecule has 2 aliphatic heterocycles. The monoisotopic (exact) mass is 374 g/mol. The van der Waals surface area contributed by atoms with Gasteiger partial charge in [0.1, 0.15) is 0 Å². The zero-order chi connectivity index (χ0) is 9.47. The summed E-state index contributed by atoms with van der Waals surface area (Å²) in [6.07, 6.45) is 9.57. The summed E-state index contributed by atoms with van der Waals surface area (Å²) in [5.74, 6) is 1.23. The Kier molecular flexibility index (Phi) is 2.55. The zero-order valence-electron chi connectivity index (χ0n) is 8.71. The number of ether oxygens (including phenoxy) is 1. The van der Waals surface area contributed by atoms with Gasteiger partial charge in [-0.05, 0) is 0 Å². The van der Waals surface area contributed by atoms with Crippen molar-refractivity contribution in [1.29, 1.82) is 0 Å². The van der Waals surface area contributed by atoms with E-state index in [0.29, 0.717) is 6.10 Å². The molecule has 1 nitrogen and oxygen atoms in total. The number of rotatable bonds is 1. The molecule has 2 heterocycles. The van der Waals surface area contributed by atoms with Crippen LogP contribution in [0.3, 0.4) is 0 Å². The van der Waals surface area contributed by atoms with Gasteiger partial charge in [-0.3, -0.25) is 0 Å². The van der Waals surface area contributed by atoms with Gasteiger partial charge < -0.3 is 0 Å². The van der Waals surface area contributed by atoms with Crippen LogP contribution in [0.4, 0.5) is 0 Å². The molecule has 0 amide bonds. The average molecular weight is 373 g/mol. The molecule has 2 atom stereocenters. The summed E-state index contributed by atoms with van der Waals surface area (Å²) in [6.45, 7) is 0. The molecule has 0 aromatic rings. The number of allylic oxidation sites excluding steroid dienone is 2. The van der Waals surface area contributed by atoms with Crippen LogP contribution >= 0.6 is 0 Å². The number of hydrogen-bond acceptors (Lipinski definition) is 1. The molecular formula is C11H18OPb. The van der Waals surface area contributed by atoms with Crippen molar-refractivity contribution in [3.8, 4) is 0 Å². The van der Waals surface area contributed by atoms with E-state index in [1.165, 1.54) is 12.2 Å². The van der Waals surface area contributed by atoms with Gasteiger partial charge in [-0.2, -0.15) is 0 Å². The Morgan fingerprint density at radius 2 is 2.15 bits per heavy atom. The van der Waals surface area contributed by atoms with Gasteiger partial charge in [-0.1, -0.05) is 0 Å². The van der Waals surface area contributed by atoms with Gasteiger partial charge in [0, 0.05) is 0 Å². The quantitative estimate of drug-likeness (QED) is 0.506. The molecule has 0 fully saturated rings. The summed E-state index contributed by atoms with van der Waals surface area (Å²) < 4.78 is 14.2. The first-order valence-corrected chi connectivity index (χ1v) is 19.0. The Morgan fingerprint density at radius 3 is 2.77 bits per heavy atom. The van der Waals surface area contributed by atoms with E-state index in [0.717, 1.165) is 9.90 Å².